The fraction of sp³-hybridized carbons (Fsp3) is 0.316. The molecular weight excluding hydrogens is 365 g/mol. The predicted octanol–water partition coefficient (Wildman–Crippen LogP) is 4.88. The topological polar surface area (TPSA) is 55.1 Å². The van der Waals surface area contributed by atoms with Gasteiger partial charge in [-0.1, -0.05) is 49.4 Å². The van der Waals surface area contributed by atoms with Crippen molar-refractivity contribution >= 4 is 24.0 Å². The standard InChI is InChI=1S/C19H21F3N2O.ClH/c1-13(17(23)15-7-3-2-4-8-15)18(25)24-16-9-5-6-14(12-16)10-11-19(20,21)22;/h2-9,12-13,17H,10-11,23H2,1H3,(H,24,25);1H. The van der Waals surface area contributed by atoms with Gasteiger partial charge in [0.15, 0.2) is 0 Å². The molecule has 0 spiro atoms. The molecule has 7 heteroatoms. The summed E-state index contributed by atoms with van der Waals surface area (Å²) in [5, 5.41) is 2.73. The largest absolute Gasteiger partial charge is 0.389 e. The van der Waals surface area contributed by atoms with Gasteiger partial charge in [-0.3, -0.25) is 4.79 Å². The van der Waals surface area contributed by atoms with Gasteiger partial charge in [-0.05, 0) is 29.7 Å². The number of amides is 1. The van der Waals surface area contributed by atoms with Crippen LogP contribution in [0.5, 0.6) is 0 Å². The Balaban J connectivity index is 0.00000338. The molecule has 2 rings (SSSR count). The summed E-state index contributed by atoms with van der Waals surface area (Å²) in [4.78, 5) is 12.4. The fourth-order valence-electron chi connectivity index (χ4n) is 2.47. The summed E-state index contributed by atoms with van der Waals surface area (Å²) in [6.07, 6.45) is -5.21. The highest BCUT2D eigenvalue weighted by Gasteiger charge is 2.26. The van der Waals surface area contributed by atoms with E-state index in [0.717, 1.165) is 5.56 Å². The molecule has 3 nitrogen and oxygen atoms in total. The molecule has 0 aromatic heterocycles. The molecule has 0 aliphatic carbocycles. The lowest BCUT2D eigenvalue weighted by Gasteiger charge is -2.20. The minimum absolute atomic E-state index is 0. The summed E-state index contributed by atoms with van der Waals surface area (Å²) in [6, 6.07) is 15.3. The van der Waals surface area contributed by atoms with Crippen LogP contribution in [0.4, 0.5) is 18.9 Å². The zero-order valence-corrected chi connectivity index (χ0v) is 15.1. The Morgan fingerprint density at radius 3 is 2.38 bits per heavy atom. The Hall–Kier alpha value is -2.05. The molecule has 0 saturated heterocycles. The monoisotopic (exact) mass is 386 g/mol. The Kier molecular flexibility index (Phi) is 8.11. The summed E-state index contributed by atoms with van der Waals surface area (Å²) in [7, 11) is 0. The van der Waals surface area contributed by atoms with Gasteiger partial charge in [0.05, 0.1) is 5.92 Å². The molecule has 2 aromatic rings. The van der Waals surface area contributed by atoms with Crippen molar-refractivity contribution < 1.29 is 18.0 Å². The van der Waals surface area contributed by atoms with E-state index in [9.17, 15) is 18.0 Å². The van der Waals surface area contributed by atoms with Crippen LogP contribution in [0.25, 0.3) is 0 Å². The highest BCUT2D eigenvalue weighted by Crippen LogP contribution is 2.24. The van der Waals surface area contributed by atoms with Crippen LogP contribution >= 0.6 is 12.4 Å². The molecular formula is C19H22ClF3N2O. The smallest absolute Gasteiger partial charge is 0.326 e. The number of halogens is 4. The maximum absolute atomic E-state index is 12.4. The van der Waals surface area contributed by atoms with Crippen molar-refractivity contribution in [2.75, 3.05) is 5.32 Å². The number of carbonyl (C=O) groups is 1. The quantitative estimate of drug-likeness (QED) is 0.743. The number of rotatable bonds is 6. The Bertz CT molecular complexity index is 707. The lowest BCUT2D eigenvalue weighted by molar-refractivity contribution is -0.134. The van der Waals surface area contributed by atoms with Crippen molar-refractivity contribution in [1.82, 2.24) is 0 Å². The van der Waals surface area contributed by atoms with Crippen LogP contribution < -0.4 is 11.1 Å². The zero-order chi connectivity index (χ0) is 18.4. The first kappa shape index (κ1) is 22.0. The molecule has 26 heavy (non-hydrogen) atoms. The van der Waals surface area contributed by atoms with Crippen LogP contribution in [0.2, 0.25) is 0 Å². The summed E-state index contributed by atoms with van der Waals surface area (Å²) >= 11 is 0. The first-order chi connectivity index (χ1) is 11.8. The molecule has 2 aromatic carbocycles. The summed E-state index contributed by atoms with van der Waals surface area (Å²) in [5.74, 6) is -0.759. The summed E-state index contributed by atoms with van der Waals surface area (Å²) < 4.78 is 37.0. The molecule has 2 unspecified atom stereocenters. The van der Waals surface area contributed by atoms with Crippen LogP contribution in [0.1, 0.15) is 30.5 Å². The van der Waals surface area contributed by atoms with Crippen LogP contribution in [0, 0.1) is 5.92 Å². The Morgan fingerprint density at radius 1 is 1.12 bits per heavy atom. The minimum Gasteiger partial charge on any atom is -0.326 e. The number of nitrogens with two attached hydrogens (primary N) is 1. The van der Waals surface area contributed by atoms with Gasteiger partial charge in [0.1, 0.15) is 0 Å². The molecule has 0 fully saturated rings. The normalized spacial score (nSPS) is 13.4. The third-order valence-electron chi connectivity index (χ3n) is 4.03. The average molecular weight is 387 g/mol. The summed E-state index contributed by atoms with van der Waals surface area (Å²) in [5.41, 5.74) is 7.98. The molecule has 0 bridgehead atoms. The molecule has 0 aliphatic rings. The van der Waals surface area contributed by atoms with E-state index >= 15 is 0 Å². The van der Waals surface area contributed by atoms with Gasteiger partial charge in [-0.15, -0.1) is 12.4 Å². The van der Waals surface area contributed by atoms with Gasteiger partial charge in [0.25, 0.3) is 0 Å². The van der Waals surface area contributed by atoms with Crippen LogP contribution in [0.15, 0.2) is 54.6 Å². The second kappa shape index (κ2) is 9.59. The number of anilines is 1. The lowest BCUT2D eigenvalue weighted by atomic mass is 9.94. The summed E-state index contributed by atoms with van der Waals surface area (Å²) in [6.45, 7) is 1.72. The second-order valence-corrected chi connectivity index (χ2v) is 6.03. The van der Waals surface area contributed by atoms with E-state index in [1.165, 1.54) is 0 Å². The van der Waals surface area contributed by atoms with Crippen molar-refractivity contribution in [3.8, 4) is 0 Å². The van der Waals surface area contributed by atoms with Crippen molar-refractivity contribution in [1.29, 1.82) is 0 Å². The van der Waals surface area contributed by atoms with Crippen LogP contribution in [-0.2, 0) is 11.2 Å². The highest BCUT2D eigenvalue weighted by atomic mass is 35.5. The van der Waals surface area contributed by atoms with Crippen molar-refractivity contribution in [3.05, 3.63) is 65.7 Å². The van der Waals surface area contributed by atoms with Crippen molar-refractivity contribution in [2.45, 2.75) is 32.0 Å². The number of benzene rings is 2. The number of aryl methyl sites for hydroxylation is 1. The average Bonchev–Trinajstić information content (AvgIpc) is 2.59. The molecule has 0 heterocycles. The molecule has 0 aliphatic heterocycles. The number of alkyl halides is 3. The first-order valence-electron chi connectivity index (χ1n) is 8.03. The Labute approximate surface area is 157 Å². The third kappa shape index (κ3) is 6.69. The van der Waals surface area contributed by atoms with E-state index in [1.807, 2.05) is 30.3 Å². The minimum atomic E-state index is -4.20. The van der Waals surface area contributed by atoms with Gasteiger partial charge in [-0.2, -0.15) is 13.2 Å². The van der Waals surface area contributed by atoms with Crippen molar-refractivity contribution in [3.63, 3.8) is 0 Å². The molecule has 142 valence electrons. The number of hydrogen-bond donors (Lipinski definition) is 2. The van der Waals surface area contributed by atoms with Crippen molar-refractivity contribution in [2.24, 2.45) is 11.7 Å². The number of hydrogen-bond acceptors (Lipinski definition) is 2. The first-order valence-corrected chi connectivity index (χ1v) is 8.03. The van der Waals surface area contributed by atoms with E-state index < -0.39 is 24.6 Å². The highest BCUT2D eigenvalue weighted by molar-refractivity contribution is 5.92. The van der Waals surface area contributed by atoms with Crippen LogP contribution in [0.3, 0.4) is 0 Å². The second-order valence-electron chi connectivity index (χ2n) is 6.03. The predicted molar refractivity (Wildman–Crippen MR) is 99.2 cm³/mol. The molecule has 0 radical (unpaired) electrons. The van der Waals surface area contributed by atoms with Gasteiger partial charge in [0.2, 0.25) is 5.91 Å². The van der Waals surface area contributed by atoms with Gasteiger partial charge in [-0.25, -0.2) is 0 Å². The van der Waals surface area contributed by atoms with E-state index in [0.29, 0.717) is 11.3 Å². The van der Waals surface area contributed by atoms with Gasteiger partial charge in [0, 0.05) is 18.2 Å². The zero-order valence-electron chi connectivity index (χ0n) is 14.3. The lowest BCUT2D eigenvalue weighted by Crippen LogP contribution is -2.30. The van der Waals surface area contributed by atoms with E-state index in [4.69, 9.17) is 5.73 Å². The van der Waals surface area contributed by atoms with E-state index in [1.54, 1.807) is 31.2 Å². The maximum atomic E-state index is 12.4. The fourth-order valence-corrected chi connectivity index (χ4v) is 2.47. The SMILES string of the molecule is CC(C(=O)Nc1cccc(CCC(F)(F)F)c1)C(N)c1ccccc1.Cl. The van der Waals surface area contributed by atoms with Crippen LogP contribution in [-0.4, -0.2) is 12.1 Å². The molecule has 0 saturated carbocycles. The number of nitrogens with one attached hydrogen (secondary N) is 1. The molecule has 1 amide bonds. The van der Waals surface area contributed by atoms with Gasteiger partial charge >= 0.3 is 6.18 Å². The Morgan fingerprint density at radius 2 is 1.77 bits per heavy atom. The molecule has 2 atom stereocenters. The van der Waals surface area contributed by atoms with Gasteiger partial charge < -0.3 is 11.1 Å². The molecule has 3 N–H and O–H groups in total. The van der Waals surface area contributed by atoms with E-state index in [-0.39, 0.29) is 24.7 Å². The number of carbonyl (C=O) groups excluding carboxylic acids is 1. The third-order valence-corrected chi connectivity index (χ3v) is 4.03. The maximum Gasteiger partial charge on any atom is 0.389 e. The van der Waals surface area contributed by atoms with E-state index in [2.05, 4.69) is 5.32 Å².